The number of hydrogen-bond acceptors (Lipinski definition) is 2. The van der Waals surface area contributed by atoms with Crippen LogP contribution in [-0.2, 0) is 0 Å². The minimum absolute atomic E-state index is 0.0398. The molecule has 1 aliphatic heterocycles. The summed E-state index contributed by atoms with van der Waals surface area (Å²) in [4.78, 5) is 2.08. The fraction of sp³-hybridized carbons (Fsp3) is 1.00. The van der Waals surface area contributed by atoms with Crippen LogP contribution in [0.5, 0.6) is 0 Å². The highest BCUT2D eigenvalue weighted by Gasteiger charge is 2.43. The average molecular weight is 246 g/mol. The molecular weight excluding hydrogens is 222 g/mol. The fourth-order valence-electron chi connectivity index (χ4n) is 3.47. The van der Waals surface area contributed by atoms with Gasteiger partial charge in [-0.3, -0.25) is 4.90 Å². The Morgan fingerprint density at radius 1 is 1.35 bits per heavy atom. The molecule has 0 amide bonds. The quantitative estimate of drug-likeness (QED) is 0.820. The van der Waals surface area contributed by atoms with Gasteiger partial charge in [-0.2, -0.15) is 0 Å². The number of piperazine rings is 1. The third-order valence-corrected chi connectivity index (χ3v) is 4.36. The Hall–Kier alpha value is -0.220. The smallest absolute Gasteiger partial charge is 0.251 e. The summed E-state index contributed by atoms with van der Waals surface area (Å²) in [5.74, 6) is 0. The van der Waals surface area contributed by atoms with Gasteiger partial charge < -0.3 is 5.32 Å². The molecule has 2 nitrogen and oxygen atoms in total. The molecule has 1 N–H and O–H groups in total. The first kappa shape index (κ1) is 13.2. The number of nitrogens with zero attached hydrogens (tertiary/aromatic N) is 1. The van der Waals surface area contributed by atoms with Crippen molar-refractivity contribution in [1.82, 2.24) is 10.2 Å². The van der Waals surface area contributed by atoms with E-state index in [1.54, 1.807) is 0 Å². The van der Waals surface area contributed by atoms with E-state index in [2.05, 4.69) is 17.1 Å². The molecule has 100 valence electrons. The molecule has 0 bridgehead atoms. The van der Waals surface area contributed by atoms with E-state index in [0.29, 0.717) is 6.04 Å². The molecule has 0 aromatic rings. The predicted octanol–water partition coefficient (Wildman–Crippen LogP) is 2.64. The molecule has 1 spiro atoms. The van der Waals surface area contributed by atoms with Crippen LogP contribution in [0.1, 0.15) is 45.4 Å². The van der Waals surface area contributed by atoms with Crippen LogP contribution in [0.25, 0.3) is 0 Å². The first-order valence-corrected chi connectivity index (χ1v) is 6.93. The molecular formula is C13H24F2N2. The molecule has 4 heteroatoms. The van der Waals surface area contributed by atoms with E-state index in [1.807, 2.05) is 0 Å². The highest BCUT2D eigenvalue weighted by Crippen LogP contribution is 2.37. The van der Waals surface area contributed by atoms with Gasteiger partial charge in [0.05, 0.1) is 6.54 Å². The lowest BCUT2D eigenvalue weighted by atomic mass is 9.90. The molecule has 17 heavy (non-hydrogen) atoms. The third kappa shape index (κ3) is 2.97. The molecule has 2 fully saturated rings. The summed E-state index contributed by atoms with van der Waals surface area (Å²) in [6.45, 7) is 3.82. The van der Waals surface area contributed by atoms with Gasteiger partial charge in [-0.05, 0) is 19.3 Å². The summed E-state index contributed by atoms with van der Waals surface area (Å²) in [6.07, 6.45) is 4.58. The largest absolute Gasteiger partial charge is 0.311 e. The van der Waals surface area contributed by atoms with Gasteiger partial charge in [0.25, 0.3) is 6.43 Å². The second kappa shape index (κ2) is 5.61. The van der Waals surface area contributed by atoms with E-state index in [-0.39, 0.29) is 12.1 Å². The van der Waals surface area contributed by atoms with Crippen molar-refractivity contribution in [1.29, 1.82) is 0 Å². The zero-order valence-electron chi connectivity index (χ0n) is 10.7. The Morgan fingerprint density at radius 3 is 2.65 bits per heavy atom. The number of hydrogen-bond donors (Lipinski definition) is 1. The lowest BCUT2D eigenvalue weighted by Crippen LogP contribution is -2.64. The van der Waals surface area contributed by atoms with Crippen molar-refractivity contribution >= 4 is 0 Å². The number of halogens is 2. The zero-order valence-corrected chi connectivity index (χ0v) is 10.7. The molecule has 1 unspecified atom stereocenters. The van der Waals surface area contributed by atoms with Gasteiger partial charge in [0, 0.05) is 24.7 Å². The Labute approximate surface area is 103 Å². The Bertz CT molecular complexity index is 240. The highest BCUT2D eigenvalue weighted by molar-refractivity contribution is 5.01. The van der Waals surface area contributed by atoms with E-state index in [9.17, 15) is 8.78 Å². The summed E-state index contributed by atoms with van der Waals surface area (Å²) in [5, 5.41) is 3.57. The van der Waals surface area contributed by atoms with E-state index in [0.717, 1.165) is 38.8 Å². The van der Waals surface area contributed by atoms with Crippen molar-refractivity contribution in [2.75, 3.05) is 19.6 Å². The van der Waals surface area contributed by atoms with Gasteiger partial charge in [0.1, 0.15) is 0 Å². The van der Waals surface area contributed by atoms with E-state index in [1.165, 1.54) is 12.8 Å². The van der Waals surface area contributed by atoms with Crippen LogP contribution in [0.3, 0.4) is 0 Å². The molecule has 1 saturated heterocycles. The van der Waals surface area contributed by atoms with E-state index >= 15 is 0 Å². The molecule has 0 radical (unpaired) electrons. The van der Waals surface area contributed by atoms with Crippen molar-refractivity contribution in [3.05, 3.63) is 0 Å². The number of alkyl halides is 2. The average Bonchev–Trinajstić information content (AvgIpc) is 2.73. The van der Waals surface area contributed by atoms with Gasteiger partial charge >= 0.3 is 0 Å². The standard InChI is InChI=1S/C13H24F2N2/c1-2-5-11-8-17(9-12(14)15)13(10-16-11)6-3-4-7-13/h11-12,16H,2-10H2,1H3. The van der Waals surface area contributed by atoms with Crippen molar-refractivity contribution in [2.45, 2.75) is 63.5 Å². The van der Waals surface area contributed by atoms with Crippen LogP contribution in [0.4, 0.5) is 8.78 Å². The molecule has 1 heterocycles. The Morgan fingerprint density at radius 2 is 2.06 bits per heavy atom. The second-order valence-electron chi connectivity index (χ2n) is 5.59. The summed E-state index contributed by atoms with van der Waals surface area (Å²) in [7, 11) is 0. The van der Waals surface area contributed by atoms with Crippen LogP contribution in [-0.4, -0.2) is 42.5 Å². The van der Waals surface area contributed by atoms with Crippen LogP contribution in [0, 0.1) is 0 Å². The Balaban J connectivity index is 2.01. The first-order chi connectivity index (χ1) is 8.16. The summed E-state index contributed by atoms with van der Waals surface area (Å²) >= 11 is 0. The zero-order chi connectivity index (χ0) is 12.3. The monoisotopic (exact) mass is 246 g/mol. The van der Waals surface area contributed by atoms with Crippen molar-refractivity contribution in [3.8, 4) is 0 Å². The maximum atomic E-state index is 12.7. The summed E-state index contributed by atoms with van der Waals surface area (Å²) in [5.41, 5.74) is 0.0423. The van der Waals surface area contributed by atoms with Crippen molar-refractivity contribution < 1.29 is 8.78 Å². The minimum Gasteiger partial charge on any atom is -0.311 e. The predicted molar refractivity (Wildman–Crippen MR) is 65.5 cm³/mol. The number of nitrogens with one attached hydrogen (secondary N) is 1. The van der Waals surface area contributed by atoms with Crippen LogP contribution in [0.15, 0.2) is 0 Å². The molecule has 2 aliphatic rings. The SMILES string of the molecule is CCCC1CN(CC(F)F)C2(CCCC2)CN1. The third-order valence-electron chi connectivity index (χ3n) is 4.36. The van der Waals surface area contributed by atoms with Gasteiger partial charge in [-0.25, -0.2) is 8.78 Å². The van der Waals surface area contributed by atoms with Gasteiger partial charge in [-0.1, -0.05) is 26.2 Å². The molecule has 1 aliphatic carbocycles. The van der Waals surface area contributed by atoms with Crippen LogP contribution < -0.4 is 5.32 Å². The van der Waals surface area contributed by atoms with Gasteiger partial charge in [0.2, 0.25) is 0 Å². The second-order valence-corrected chi connectivity index (χ2v) is 5.59. The van der Waals surface area contributed by atoms with Crippen LogP contribution in [0.2, 0.25) is 0 Å². The minimum atomic E-state index is -2.20. The topological polar surface area (TPSA) is 15.3 Å². The maximum Gasteiger partial charge on any atom is 0.251 e. The van der Waals surface area contributed by atoms with E-state index in [4.69, 9.17) is 0 Å². The number of rotatable bonds is 4. The van der Waals surface area contributed by atoms with Gasteiger partial charge in [-0.15, -0.1) is 0 Å². The molecule has 1 atom stereocenters. The maximum absolute atomic E-state index is 12.7. The normalized spacial score (nSPS) is 29.3. The van der Waals surface area contributed by atoms with E-state index < -0.39 is 6.43 Å². The molecule has 1 saturated carbocycles. The summed E-state index contributed by atoms with van der Waals surface area (Å²) in [6, 6.07) is 0.407. The Kier molecular flexibility index (Phi) is 4.36. The van der Waals surface area contributed by atoms with Crippen LogP contribution >= 0.6 is 0 Å². The first-order valence-electron chi connectivity index (χ1n) is 6.93. The van der Waals surface area contributed by atoms with Crippen molar-refractivity contribution in [3.63, 3.8) is 0 Å². The summed E-state index contributed by atoms with van der Waals surface area (Å²) < 4.78 is 25.4. The lowest BCUT2D eigenvalue weighted by Gasteiger charge is -2.48. The molecule has 0 aromatic heterocycles. The molecule has 0 aromatic carbocycles. The van der Waals surface area contributed by atoms with Crippen molar-refractivity contribution in [2.24, 2.45) is 0 Å². The molecule has 2 rings (SSSR count). The highest BCUT2D eigenvalue weighted by atomic mass is 19.3. The lowest BCUT2D eigenvalue weighted by molar-refractivity contribution is -0.00845. The van der Waals surface area contributed by atoms with Gasteiger partial charge in [0.15, 0.2) is 0 Å². The fourth-order valence-corrected chi connectivity index (χ4v) is 3.47.